The normalized spacial score (nSPS) is 29.5. The van der Waals surface area contributed by atoms with Crippen LogP contribution in [0.2, 0.25) is 0 Å². The summed E-state index contributed by atoms with van der Waals surface area (Å²) in [5.41, 5.74) is 1.21. The number of benzene rings is 1. The van der Waals surface area contributed by atoms with E-state index in [0.717, 1.165) is 36.3 Å². The third-order valence-electron chi connectivity index (χ3n) is 5.76. The molecule has 5 nitrogen and oxygen atoms in total. The third-order valence-corrected chi connectivity index (χ3v) is 5.76. The van der Waals surface area contributed by atoms with Gasteiger partial charge in [0.2, 0.25) is 0 Å². The van der Waals surface area contributed by atoms with Crippen LogP contribution in [0.3, 0.4) is 0 Å². The molecule has 4 rings (SSSR count). The van der Waals surface area contributed by atoms with Gasteiger partial charge in [0.15, 0.2) is 0 Å². The van der Waals surface area contributed by atoms with Crippen molar-refractivity contribution in [1.82, 2.24) is 4.90 Å². The molecule has 2 atom stereocenters. The number of fused-ring (bicyclic) bond motifs is 1. The van der Waals surface area contributed by atoms with Gasteiger partial charge in [-0.1, -0.05) is 31.0 Å². The van der Waals surface area contributed by atoms with E-state index in [4.69, 9.17) is 4.74 Å². The van der Waals surface area contributed by atoms with E-state index in [-0.39, 0.29) is 0 Å². The fourth-order valence-electron chi connectivity index (χ4n) is 4.18. The highest BCUT2D eigenvalue weighted by molar-refractivity contribution is 5.76. The van der Waals surface area contributed by atoms with Gasteiger partial charge in [0.05, 0.1) is 6.10 Å². The van der Waals surface area contributed by atoms with Crippen LogP contribution in [-0.4, -0.2) is 53.4 Å². The molecule has 2 aliphatic heterocycles. The van der Waals surface area contributed by atoms with Gasteiger partial charge in [-0.2, -0.15) is 0 Å². The highest BCUT2D eigenvalue weighted by atomic mass is 16.5. The van der Waals surface area contributed by atoms with Crippen LogP contribution in [0.15, 0.2) is 29.8 Å². The number of carboxylic acids is 1. The van der Waals surface area contributed by atoms with E-state index < -0.39 is 17.5 Å². The largest absolute Gasteiger partial charge is 0.489 e. The van der Waals surface area contributed by atoms with Crippen molar-refractivity contribution in [3.05, 3.63) is 35.4 Å². The summed E-state index contributed by atoms with van der Waals surface area (Å²) in [5, 5.41) is 20.3. The Morgan fingerprint density at radius 2 is 2.08 bits per heavy atom. The van der Waals surface area contributed by atoms with E-state index in [1.807, 2.05) is 24.3 Å². The fraction of sp³-hybridized carbons (Fsp3) is 0.550. The number of rotatable bonds is 5. The quantitative estimate of drug-likeness (QED) is 0.859. The van der Waals surface area contributed by atoms with Gasteiger partial charge >= 0.3 is 5.97 Å². The molecule has 1 aromatic rings. The number of aliphatic carboxylic acids is 1. The number of nitrogens with zero attached hydrogens (tertiary/aromatic N) is 1. The lowest BCUT2D eigenvalue weighted by molar-refractivity contribution is -0.164. The van der Waals surface area contributed by atoms with Crippen LogP contribution in [0.5, 0.6) is 5.75 Å². The average Bonchev–Trinajstić information content (AvgIpc) is 3.41. The summed E-state index contributed by atoms with van der Waals surface area (Å²) in [4.78, 5) is 14.2. The van der Waals surface area contributed by atoms with Gasteiger partial charge < -0.3 is 14.9 Å². The van der Waals surface area contributed by atoms with Crippen molar-refractivity contribution >= 4 is 12.0 Å². The lowest BCUT2D eigenvalue weighted by Crippen LogP contribution is -2.56. The van der Waals surface area contributed by atoms with Crippen LogP contribution in [0.25, 0.3) is 6.08 Å². The second-order valence-corrected chi connectivity index (χ2v) is 7.75. The Balaban J connectivity index is 1.50. The number of ether oxygens (including phenoxy) is 1. The van der Waals surface area contributed by atoms with Crippen LogP contribution in [-0.2, 0) is 4.79 Å². The zero-order valence-corrected chi connectivity index (χ0v) is 14.4. The molecule has 1 saturated carbocycles. The molecule has 0 unspecified atom stereocenters. The van der Waals surface area contributed by atoms with E-state index in [1.165, 1.54) is 0 Å². The van der Waals surface area contributed by atoms with Crippen molar-refractivity contribution in [2.24, 2.45) is 11.3 Å². The molecule has 1 aromatic carbocycles. The molecule has 0 bridgehead atoms. The standard InChI is InChI=1S/C20H25NO4/c22-18-7-8-21(13-20(18,19(23)24)10-14-5-6-14)11-15-9-16-3-1-2-4-17(16)25-12-15/h1-4,9,14,18,22H,5-8,10-13H2,(H,23,24)/t18-,20-/m1/s1. The first-order chi connectivity index (χ1) is 12.1. The number of hydrogen-bond acceptors (Lipinski definition) is 4. The molecular weight excluding hydrogens is 318 g/mol. The van der Waals surface area contributed by atoms with E-state index in [0.29, 0.717) is 38.5 Å². The Bertz CT molecular complexity index is 697. The summed E-state index contributed by atoms with van der Waals surface area (Å²) in [7, 11) is 0. The van der Waals surface area contributed by atoms with Gasteiger partial charge in [-0.3, -0.25) is 9.69 Å². The first-order valence-electron chi connectivity index (χ1n) is 9.12. The Labute approximate surface area is 147 Å². The van der Waals surface area contributed by atoms with Crippen LogP contribution < -0.4 is 4.74 Å². The number of carboxylic acid groups (broad SMARTS) is 1. The lowest BCUT2D eigenvalue weighted by atomic mass is 9.73. The molecule has 134 valence electrons. The van der Waals surface area contributed by atoms with Crippen LogP contribution in [0.4, 0.5) is 0 Å². The van der Waals surface area contributed by atoms with Crippen molar-refractivity contribution in [3.8, 4) is 5.75 Å². The van der Waals surface area contributed by atoms with E-state index in [9.17, 15) is 15.0 Å². The summed E-state index contributed by atoms with van der Waals surface area (Å²) in [5.74, 6) is 0.513. The van der Waals surface area contributed by atoms with Crippen molar-refractivity contribution in [3.63, 3.8) is 0 Å². The van der Waals surface area contributed by atoms with Crippen molar-refractivity contribution < 1.29 is 19.7 Å². The van der Waals surface area contributed by atoms with Gasteiger partial charge in [0.25, 0.3) is 0 Å². The minimum Gasteiger partial charge on any atom is -0.489 e. The summed E-state index contributed by atoms with van der Waals surface area (Å²) < 4.78 is 5.81. The molecular formula is C20H25NO4. The third kappa shape index (κ3) is 3.31. The maximum atomic E-state index is 12.0. The zero-order chi connectivity index (χ0) is 17.4. The van der Waals surface area contributed by atoms with Crippen LogP contribution in [0, 0.1) is 11.3 Å². The molecule has 0 amide bonds. The number of aliphatic hydroxyl groups excluding tert-OH is 1. The van der Waals surface area contributed by atoms with Gasteiger partial charge in [-0.15, -0.1) is 0 Å². The Morgan fingerprint density at radius 3 is 2.84 bits per heavy atom. The summed E-state index contributed by atoms with van der Waals surface area (Å²) in [6.45, 7) is 2.37. The molecule has 2 N–H and O–H groups in total. The number of likely N-dealkylation sites (tertiary alicyclic amines) is 1. The Hall–Kier alpha value is -1.85. The maximum Gasteiger partial charge on any atom is 0.313 e. The zero-order valence-electron chi connectivity index (χ0n) is 14.4. The Morgan fingerprint density at radius 1 is 1.28 bits per heavy atom. The minimum absolute atomic E-state index is 0.416. The summed E-state index contributed by atoms with van der Waals surface area (Å²) >= 11 is 0. The SMILES string of the molecule is O=C(O)[C@]1(CC2CC2)CN(CC2=Cc3ccccc3OC2)CC[C@H]1O. The molecule has 2 fully saturated rings. The van der Waals surface area contributed by atoms with Crippen molar-refractivity contribution in [2.75, 3.05) is 26.2 Å². The maximum absolute atomic E-state index is 12.0. The summed E-state index contributed by atoms with van der Waals surface area (Å²) in [6, 6.07) is 7.95. The lowest BCUT2D eigenvalue weighted by Gasteiger charge is -2.44. The number of piperidine rings is 1. The van der Waals surface area contributed by atoms with Crippen molar-refractivity contribution in [1.29, 1.82) is 0 Å². The molecule has 0 radical (unpaired) electrons. The molecule has 2 heterocycles. The number of hydrogen-bond donors (Lipinski definition) is 2. The van der Waals surface area contributed by atoms with E-state index in [2.05, 4.69) is 11.0 Å². The summed E-state index contributed by atoms with van der Waals surface area (Å²) in [6.07, 6.45) is 4.70. The topological polar surface area (TPSA) is 70.0 Å². The highest BCUT2D eigenvalue weighted by Gasteiger charge is 2.51. The molecule has 5 heteroatoms. The highest BCUT2D eigenvalue weighted by Crippen LogP contribution is 2.45. The molecule has 0 spiro atoms. The van der Waals surface area contributed by atoms with Gasteiger partial charge in [0.1, 0.15) is 17.8 Å². The Kier molecular flexibility index (Phi) is 4.29. The first kappa shape index (κ1) is 16.6. The smallest absolute Gasteiger partial charge is 0.313 e. The molecule has 0 aromatic heterocycles. The number of carbonyl (C=O) groups is 1. The number of aliphatic hydroxyl groups is 1. The van der Waals surface area contributed by atoms with E-state index >= 15 is 0 Å². The van der Waals surface area contributed by atoms with Crippen LogP contribution >= 0.6 is 0 Å². The van der Waals surface area contributed by atoms with Crippen LogP contribution in [0.1, 0.15) is 31.2 Å². The fourth-order valence-corrected chi connectivity index (χ4v) is 4.18. The predicted octanol–water partition coefficient (Wildman–Crippen LogP) is 2.40. The van der Waals surface area contributed by atoms with Gasteiger partial charge in [0, 0.05) is 25.2 Å². The number of para-hydroxylation sites is 1. The molecule has 25 heavy (non-hydrogen) atoms. The minimum atomic E-state index is -1.02. The van der Waals surface area contributed by atoms with Gasteiger partial charge in [-0.25, -0.2) is 0 Å². The molecule has 1 aliphatic carbocycles. The second kappa shape index (κ2) is 6.46. The van der Waals surface area contributed by atoms with Crippen molar-refractivity contribution in [2.45, 2.75) is 31.8 Å². The second-order valence-electron chi connectivity index (χ2n) is 7.75. The van der Waals surface area contributed by atoms with Gasteiger partial charge in [-0.05, 0) is 36.5 Å². The first-order valence-corrected chi connectivity index (χ1v) is 9.12. The van der Waals surface area contributed by atoms with E-state index in [1.54, 1.807) is 0 Å². The molecule has 1 saturated heterocycles. The predicted molar refractivity (Wildman–Crippen MR) is 94.4 cm³/mol. The monoisotopic (exact) mass is 343 g/mol. The average molecular weight is 343 g/mol. The molecule has 3 aliphatic rings.